The van der Waals surface area contributed by atoms with Crippen molar-refractivity contribution >= 4 is 17.3 Å². The molecular weight excluding hydrogens is 404 g/mol. The third-order valence-electron chi connectivity index (χ3n) is 6.53. The van der Waals surface area contributed by atoms with Crippen molar-refractivity contribution in [2.45, 2.75) is 50.2 Å². The molecule has 0 unspecified atom stereocenters. The topological polar surface area (TPSA) is 42.3 Å². The van der Waals surface area contributed by atoms with Crippen molar-refractivity contribution in [1.29, 1.82) is 0 Å². The van der Waals surface area contributed by atoms with E-state index in [1.54, 1.807) is 7.11 Å². The average Bonchev–Trinajstić information content (AvgIpc) is 3.44. The van der Waals surface area contributed by atoms with Gasteiger partial charge in [-0.15, -0.1) is 0 Å². The molecule has 1 aromatic carbocycles. The fourth-order valence-electron chi connectivity index (χ4n) is 5.12. The Morgan fingerprint density at radius 2 is 1.81 bits per heavy atom. The summed E-state index contributed by atoms with van der Waals surface area (Å²) < 4.78 is 7.92. The molecule has 0 radical (unpaired) electrons. The largest absolute Gasteiger partial charge is 0.495 e. The number of nitrogens with zero attached hydrogens (tertiary/aromatic N) is 3. The monoisotopic (exact) mass is 432 g/mol. The van der Waals surface area contributed by atoms with Gasteiger partial charge in [-0.05, 0) is 61.5 Å². The van der Waals surface area contributed by atoms with Gasteiger partial charge >= 0.3 is 0 Å². The first-order chi connectivity index (χ1) is 15.3. The first kappa shape index (κ1) is 20.1. The van der Waals surface area contributed by atoms with Crippen LogP contribution in [0.2, 0.25) is 0 Å². The molecule has 160 valence electrons. The van der Waals surface area contributed by atoms with Crippen molar-refractivity contribution in [1.82, 2.24) is 19.8 Å². The highest BCUT2D eigenvalue weighted by molar-refractivity contribution is 7.80. The van der Waals surface area contributed by atoms with Gasteiger partial charge in [0.2, 0.25) is 0 Å². The molecule has 1 N–H and O–H groups in total. The molecule has 2 aliphatic rings. The van der Waals surface area contributed by atoms with Gasteiger partial charge in [-0.1, -0.05) is 37.5 Å². The van der Waals surface area contributed by atoms with Crippen molar-refractivity contribution in [3.05, 3.63) is 78.4 Å². The van der Waals surface area contributed by atoms with Crippen LogP contribution in [0.1, 0.15) is 55.6 Å². The fraction of sp³-hybridized carbons (Fsp3) is 0.360. The van der Waals surface area contributed by atoms with E-state index in [4.69, 9.17) is 17.0 Å². The van der Waals surface area contributed by atoms with Crippen LogP contribution < -0.4 is 10.1 Å². The zero-order valence-electron chi connectivity index (χ0n) is 17.8. The van der Waals surface area contributed by atoms with Gasteiger partial charge in [-0.3, -0.25) is 4.98 Å². The number of methoxy groups -OCH3 is 1. The van der Waals surface area contributed by atoms with Crippen LogP contribution in [0, 0.1) is 0 Å². The number of hydrogen-bond donors (Lipinski definition) is 1. The lowest BCUT2D eigenvalue weighted by atomic mass is 9.92. The Morgan fingerprint density at radius 1 is 1.00 bits per heavy atom. The maximum atomic E-state index is 5.91. The van der Waals surface area contributed by atoms with Crippen molar-refractivity contribution in [2.24, 2.45) is 0 Å². The maximum Gasteiger partial charge on any atom is 0.170 e. The van der Waals surface area contributed by atoms with E-state index in [1.165, 1.54) is 37.8 Å². The van der Waals surface area contributed by atoms with Crippen LogP contribution in [0.4, 0.5) is 0 Å². The molecule has 2 atom stereocenters. The molecule has 1 saturated carbocycles. The van der Waals surface area contributed by atoms with Crippen LogP contribution in [-0.2, 0) is 0 Å². The summed E-state index contributed by atoms with van der Waals surface area (Å²) in [4.78, 5) is 7.14. The number of para-hydroxylation sites is 2. The van der Waals surface area contributed by atoms with E-state index in [9.17, 15) is 0 Å². The van der Waals surface area contributed by atoms with Gasteiger partial charge in [0, 0.05) is 24.1 Å². The summed E-state index contributed by atoms with van der Waals surface area (Å²) in [6, 6.07) is 19.1. The summed E-state index contributed by atoms with van der Waals surface area (Å²) in [6.07, 6.45) is 10.2. The van der Waals surface area contributed by atoms with E-state index in [2.05, 4.69) is 50.2 Å². The molecule has 2 aromatic heterocycles. The Bertz CT molecular complexity index is 1040. The lowest BCUT2D eigenvalue weighted by Crippen LogP contribution is -2.40. The lowest BCUT2D eigenvalue weighted by Gasteiger charge is -2.37. The number of nitrogens with one attached hydrogen (secondary N) is 1. The third-order valence-corrected chi connectivity index (χ3v) is 6.86. The third kappa shape index (κ3) is 3.69. The molecule has 0 bridgehead atoms. The maximum absolute atomic E-state index is 5.91. The molecule has 0 spiro atoms. The number of aromatic nitrogens is 2. The first-order valence-electron chi connectivity index (χ1n) is 11.1. The number of pyridine rings is 1. The van der Waals surface area contributed by atoms with Gasteiger partial charge in [-0.25, -0.2) is 0 Å². The van der Waals surface area contributed by atoms with Crippen molar-refractivity contribution in [2.75, 3.05) is 7.11 Å². The highest BCUT2D eigenvalue weighted by Gasteiger charge is 2.44. The van der Waals surface area contributed by atoms with E-state index in [0.717, 1.165) is 22.2 Å². The normalized spacial score (nSPS) is 21.8. The Morgan fingerprint density at radius 3 is 2.58 bits per heavy atom. The van der Waals surface area contributed by atoms with Crippen LogP contribution in [0.5, 0.6) is 5.75 Å². The molecule has 5 nitrogen and oxygen atoms in total. The predicted octanol–water partition coefficient (Wildman–Crippen LogP) is 5.19. The van der Waals surface area contributed by atoms with E-state index in [1.807, 2.05) is 36.5 Å². The Labute approximate surface area is 189 Å². The molecule has 1 saturated heterocycles. The summed E-state index contributed by atoms with van der Waals surface area (Å²) in [5, 5.41) is 4.45. The number of rotatable bonds is 5. The summed E-state index contributed by atoms with van der Waals surface area (Å²) in [7, 11) is 1.72. The minimum absolute atomic E-state index is 0.000941. The second-order valence-electron chi connectivity index (χ2n) is 8.30. The fourth-order valence-corrected chi connectivity index (χ4v) is 5.51. The molecule has 0 amide bonds. The summed E-state index contributed by atoms with van der Waals surface area (Å²) in [5.74, 6) is 0.854. The summed E-state index contributed by atoms with van der Waals surface area (Å²) in [5.41, 5.74) is 3.24. The van der Waals surface area contributed by atoms with E-state index in [0.29, 0.717) is 6.04 Å². The average molecular weight is 433 g/mol. The molecule has 1 aliphatic heterocycles. The van der Waals surface area contributed by atoms with Crippen molar-refractivity contribution in [3.63, 3.8) is 0 Å². The number of benzene rings is 1. The van der Waals surface area contributed by atoms with Crippen LogP contribution in [0.3, 0.4) is 0 Å². The number of ether oxygens (including phenoxy) is 1. The zero-order valence-corrected chi connectivity index (χ0v) is 18.6. The molecule has 6 heteroatoms. The first-order valence-corrected chi connectivity index (χ1v) is 11.5. The quantitative estimate of drug-likeness (QED) is 0.562. The summed E-state index contributed by atoms with van der Waals surface area (Å²) in [6.45, 7) is 0. The van der Waals surface area contributed by atoms with Gasteiger partial charge in [0.1, 0.15) is 5.75 Å². The SMILES string of the molecule is COc1ccccc1-n1cccc1[C@H]1[C@H](c2ccccn2)NC(=S)N1C1CCCCC1. The number of thiocarbonyl (C=S) groups is 1. The zero-order chi connectivity index (χ0) is 21.2. The summed E-state index contributed by atoms with van der Waals surface area (Å²) >= 11 is 5.91. The minimum atomic E-state index is -0.000941. The van der Waals surface area contributed by atoms with Gasteiger partial charge in [0.05, 0.1) is 30.6 Å². The van der Waals surface area contributed by atoms with Crippen LogP contribution in [0.15, 0.2) is 67.0 Å². The van der Waals surface area contributed by atoms with Crippen molar-refractivity contribution < 1.29 is 4.74 Å². The standard InChI is InChI=1S/C25H28N4OS/c1-30-22-15-6-5-13-20(22)28-17-9-14-21(28)24-23(19-12-7-8-16-26-19)27-25(31)29(24)18-10-3-2-4-11-18/h5-9,12-18,23-24H,2-4,10-11H2,1H3,(H,27,31)/t23-,24-/m0/s1. The molecule has 2 fully saturated rings. The number of hydrogen-bond acceptors (Lipinski definition) is 3. The molecule has 5 rings (SSSR count). The Kier molecular flexibility index (Phi) is 5.64. The highest BCUT2D eigenvalue weighted by Crippen LogP contribution is 2.43. The lowest BCUT2D eigenvalue weighted by molar-refractivity contribution is 0.193. The van der Waals surface area contributed by atoms with Crippen LogP contribution in [-0.4, -0.2) is 32.7 Å². The molecule has 1 aliphatic carbocycles. The smallest absolute Gasteiger partial charge is 0.170 e. The van der Waals surface area contributed by atoms with E-state index >= 15 is 0 Å². The minimum Gasteiger partial charge on any atom is -0.495 e. The van der Waals surface area contributed by atoms with Gasteiger partial charge in [-0.2, -0.15) is 0 Å². The van der Waals surface area contributed by atoms with E-state index in [-0.39, 0.29) is 12.1 Å². The highest BCUT2D eigenvalue weighted by atomic mass is 32.1. The molecule has 31 heavy (non-hydrogen) atoms. The van der Waals surface area contributed by atoms with Gasteiger partial charge < -0.3 is 19.5 Å². The van der Waals surface area contributed by atoms with Crippen LogP contribution >= 0.6 is 12.2 Å². The predicted molar refractivity (Wildman–Crippen MR) is 126 cm³/mol. The second kappa shape index (κ2) is 8.71. The Balaban J connectivity index is 1.62. The second-order valence-corrected chi connectivity index (χ2v) is 8.69. The van der Waals surface area contributed by atoms with Gasteiger partial charge in [0.25, 0.3) is 0 Å². The van der Waals surface area contributed by atoms with Crippen LogP contribution in [0.25, 0.3) is 5.69 Å². The van der Waals surface area contributed by atoms with E-state index < -0.39 is 0 Å². The molecular formula is C25H28N4OS. The molecule has 3 heterocycles. The Hall–Kier alpha value is -2.86. The van der Waals surface area contributed by atoms with Gasteiger partial charge in [0.15, 0.2) is 5.11 Å². The molecule has 3 aromatic rings. The van der Waals surface area contributed by atoms with Crippen molar-refractivity contribution in [3.8, 4) is 11.4 Å².